The van der Waals surface area contributed by atoms with Crippen molar-refractivity contribution in [3.8, 4) is 11.5 Å². The number of aromatic nitrogens is 1. The highest BCUT2D eigenvalue weighted by molar-refractivity contribution is 5.93. The number of nitrogens with zero attached hydrogens (tertiary/aromatic N) is 2. The van der Waals surface area contributed by atoms with E-state index < -0.39 is 0 Å². The predicted molar refractivity (Wildman–Crippen MR) is 134 cm³/mol. The average Bonchev–Trinajstić information content (AvgIpc) is 3.29. The maximum atomic E-state index is 13.4. The normalized spacial score (nSPS) is 21.2. The van der Waals surface area contributed by atoms with Gasteiger partial charge in [0.05, 0.1) is 14.2 Å². The smallest absolute Gasteiger partial charge is 0.273 e. The Morgan fingerprint density at radius 3 is 2.58 bits per heavy atom. The number of benzene rings is 1. The van der Waals surface area contributed by atoms with E-state index in [1.807, 2.05) is 12.1 Å². The van der Waals surface area contributed by atoms with Crippen LogP contribution in [0.5, 0.6) is 11.5 Å². The van der Waals surface area contributed by atoms with Crippen LogP contribution in [-0.4, -0.2) is 67.0 Å². The molecule has 3 amide bonds. The monoisotopic (exact) mass is 494 g/mol. The fourth-order valence-electron chi connectivity index (χ4n) is 5.12. The van der Waals surface area contributed by atoms with E-state index >= 15 is 0 Å². The SMILES string of the molecule is COc1cc2cc(c1OC)CCCNC(=O)C[C@@H]1CC[C@H](CNC(=O)CC2)N1C(=O)c1ccccn1. The molecule has 1 fully saturated rings. The van der Waals surface area contributed by atoms with Crippen molar-refractivity contribution in [2.24, 2.45) is 0 Å². The summed E-state index contributed by atoms with van der Waals surface area (Å²) >= 11 is 0. The van der Waals surface area contributed by atoms with E-state index in [9.17, 15) is 14.4 Å². The minimum absolute atomic E-state index is 0.0814. The van der Waals surface area contributed by atoms with Crippen LogP contribution in [0.3, 0.4) is 0 Å². The summed E-state index contributed by atoms with van der Waals surface area (Å²) in [6.07, 6.45) is 5.51. The predicted octanol–water partition coefficient (Wildman–Crippen LogP) is 2.27. The van der Waals surface area contributed by atoms with Crippen molar-refractivity contribution >= 4 is 17.7 Å². The molecule has 0 aliphatic carbocycles. The van der Waals surface area contributed by atoms with Gasteiger partial charge in [-0.25, -0.2) is 0 Å². The van der Waals surface area contributed by atoms with Crippen LogP contribution in [0.15, 0.2) is 36.5 Å². The molecule has 0 radical (unpaired) electrons. The number of fused-ring (bicyclic) bond motifs is 4. The first-order valence-electron chi connectivity index (χ1n) is 12.5. The molecule has 9 heteroatoms. The minimum Gasteiger partial charge on any atom is -0.493 e. The van der Waals surface area contributed by atoms with Crippen LogP contribution in [0.25, 0.3) is 0 Å². The van der Waals surface area contributed by atoms with Crippen LogP contribution in [0.2, 0.25) is 0 Å². The van der Waals surface area contributed by atoms with Crippen molar-refractivity contribution < 1.29 is 23.9 Å². The molecule has 192 valence electrons. The third-order valence-corrected chi connectivity index (χ3v) is 6.90. The number of amides is 3. The highest BCUT2D eigenvalue weighted by Crippen LogP contribution is 2.34. The lowest BCUT2D eigenvalue weighted by Crippen LogP contribution is -2.48. The molecule has 2 N–H and O–H groups in total. The first-order valence-corrected chi connectivity index (χ1v) is 12.5. The highest BCUT2D eigenvalue weighted by atomic mass is 16.5. The molecule has 2 aliphatic rings. The first-order chi connectivity index (χ1) is 17.5. The van der Waals surface area contributed by atoms with E-state index in [0.717, 1.165) is 24.0 Å². The van der Waals surface area contributed by atoms with Crippen molar-refractivity contribution in [1.29, 1.82) is 0 Å². The highest BCUT2D eigenvalue weighted by Gasteiger charge is 2.38. The van der Waals surface area contributed by atoms with E-state index in [1.54, 1.807) is 43.5 Å². The number of carbonyl (C=O) groups excluding carboxylic acids is 3. The molecule has 0 unspecified atom stereocenters. The molecule has 1 aromatic heterocycles. The fraction of sp³-hybridized carbons (Fsp3) is 0.481. The summed E-state index contributed by atoms with van der Waals surface area (Å²) in [5.74, 6) is 0.927. The lowest BCUT2D eigenvalue weighted by atomic mass is 10.0. The standard InChI is InChI=1S/C27H34N4O5/c1-35-23-15-18-8-11-24(32)30-17-21-10-9-20(31(21)27(34)22-7-3-4-12-28-22)16-25(33)29-13-5-6-19(14-18)26(23)36-2/h3-4,7,12,14-15,20-21H,5-6,8-11,13,16-17H2,1-2H3,(H,29,33)(H,30,32)/t20-,21+/m0/s1. The van der Waals surface area contributed by atoms with Gasteiger partial charge in [0.15, 0.2) is 11.5 Å². The third kappa shape index (κ3) is 5.95. The molecule has 36 heavy (non-hydrogen) atoms. The second-order valence-electron chi connectivity index (χ2n) is 9.26. The van der Waals surface area contributed by atoms with E-state index in [-0.39, 0.29) is 36.2 Å². The zero-order valence-electron chi connectivity index (χ0n) is 20.9. The number of hydrogen-bond acceptors (Lipinski definition) is 6. The Balaban J connectivity index is 1.55. The number of methoxy groups -OCH3 is 2. The second kappa shape index (κ2) is 11.9. The lowest BCUT2D eigenvalue weighted by molar-refractivity contribution is -0.123. The molecule has 2 aromatic rings. The van der Waals surface area contributed by atoms with Gasteiger partial charge in [0.2, 0.25) is 11.8 Å². The van der Waals surface area contributed by atoms with Gasteiger partial charge in [-0.3, -0.25) is 19.4 Å². The van der Waals surface area contributed by atoms with Crippen molar-refractivity contribution in [3.63, 3.8) is 0 Å². The number of aryl methyl sites for hydroxylation is 2. The van der Waals surface area contributed by atoms with Crippen LogP contribution in [-0.2, 0) is 22.4 Å². The largest absolute Gasteiger partial charge is 0.493 e. The Bertz CT molecular complexity index is 1090. The third-order valence-electron chi connectivity index (χ3n) is 6.90. The zero-order valence-corrected chi connectivity index (χ0v) is 20.9. The number of rotatable bonds is 3. The van der Waals surface area contributed by atoms with Crippen LogP contribution in [0.1, 0.15) is 53.7 Å². The molecule has 1 aromatic carbocycles. The van der Waals surface area contributed by atoms with Crippen molar-refractivity contribution in [1.82, 2.24) is 20.5 Å². The summed E-state index contributed by atoms with van der Waals surface area (Å²) in [5, 5.41) is 6.01. The summed E-state index contributed by atoms with van der Waals surface area (Å²) in [5.41, 5.74) is 2.31. The summed E-state index contributed by atoms with van der Waals surface area (Å²) in [6, 6.07) is 8.73. The quantitative estimate of drug-likeness (QED) is 0.678. The van der Waals surface area contributed by atoms with E-state index in [4.69, 9.17) is 9.47 Å². The number of carbonyl (C=O) groups is 3. The Morgan fingerprint density at radius 1 is 1.00 bits per heavy atom. The van der Waals surface area contributed by atoms with Gasteiger partial charge in [0.25, 0.3) is 5.91 Å². The molecular formula is C27H34N4O5. The summed E-state index contributed by atoms with van der Waals surface area (Å²) < 4.78 is 11.1. The Labute approximate surface area is 211 Å². The van der Waals surface area contributed by atoms with Crippen molar-refractivity contribution in [2.75, 3.05) is 27.3 Å². The van der Waals surface area contributed by atoms with E-state index in [2.05, 4.69) is 15.6 Å². The maximum absolute atomic E-state index is 13.4. The van der Waals surface area contributed by atoms with E-state index in [0.29, 0.717) is 56.0 Å². The molecule has 9 nitrogen and oxygen atoms in total. The molecule has 3 heterocycles. The van der Waals surface area contributed by atoms with Gasteiger partial charge < -0.3 is 25.0 Å². The molecule has 2 aliphatic heterocycles. The van der Waals surface area contributed by atoms with Gasteiger partial charge in [-0.05, 0) is 61.4 Å². The Kier molecular flexibility index (Phi) is 8.40. The van der Waals surface area contributed by atoms with Gasteiger partial charge in [-0.2, -0.15) is 0 Å². The number of hydrogen-bond donors (Lipinski definition) is 2. The molecule has 0 spiro atoms. The Morgan fingerprint density at radius 2 is 1.83 bits per heavy atom. The van der Waals surface area contributed by atoms with Crippen molar-refractivity contribution in [3.05, 3.63) is 53.3 Å². The lowest BCUT2D eigenvalue weighted by Gasteiger charge is -2.30. The zero-order chi connectivity index (χ0) is 25.5. The Hall–Kier alpha value is -3.62. The first kappa shape index (κ1) is 25.5. The van der Waals surface area contributed by atoms with Gasteiger partial charge in [0, 0.05) is 44.2 Å². The summed E-state index contributed by atoms with van der Waals surface area (Å²) in [6.45, 7) is 0.853. The number of nitrogens with one attached hydrogen (secondary N) is 2. The maximum Gasteiger partial charge on any atom is 0.273 e. The van der Waals surface area contributed by atoms with Gasteiger partial charge in [-0.15, -0.1) is 0 Å². The van der Waals surface area contributed by atoms with Crippen LogP contribution >= 0.6 is 0 Å². The number of pyridine rings is 1. The van der Waals surface area contributed by atoms with Crippen LogP contribution in [0.4, 0.5) is 0 Å². The molecule has 4 bridgehead atoms. The molecule has 2 atom stereocenters. The topological polar surface area (TPSA) is 110 Å². The number of ether oxygens (including phenoxy) is 2. The average molecular weight is 495 g/mol. The summed E-state index contributed by atoms with van der Waals surface area (Å²) in [7, 11) is 3.21. The minimum atomic E-state index is -0.239. The van der Waals surface area contributed by atoms with E-state index in [1.165, 1.54) is 0 Å². The van der Waals surface area contributed by atoms with Crippen LogP contribution < -0.4 is 20.1 Å². The second-order valence-corrected chi connectivity index (χ2v) is 9.26. The molecule has 0 saturated carbocycles. The fourth-order valence-corrected chi connectivity index (χ4v) is 5.12. The van der Waals surface area contributed by atoms with Gasteiger partial charge in [-0.1, -0.05) is 12.1 Å². The molecule has 1 saturated heterocycles. The molecular weight excluding hydrogens is 460 g/mol. The molecule has 4 rings (SSSR count). The van der Waals surface area contributed by atoms with Crippen LogP contribution in [0, 0.1) is 0 Å². The van der Waals surface area contributed by atoms with Crippen molar-refractivity contribution in [2.45, 2.75) is 57.0 Å². The van der Waals surface area contributed by atoms with Gasteiger partial charge in [0.1, 0.15) is 5.69 Å². The van der Waals surface area contributed by atoms with Gasteiger partial charge >= 0.3 is 0 Å². The summed E-state index contributed by atoms with van der Waals surface area (Å²) in [4.78, 5) is 44.8.